The fraction of sp³-hybridized carbons (Fsp3) is 0.294. The fourth-order valence-electron chi connectivity index (χ4n) is 2.18. The first-order valence-corrected chi connectivity index (χ1v) is 6.98. The predicted octanol–water partition coefficient (Wildman–Crippen LogP) is 4.74. The van der Waals surface area contributed by atoms with Crippen molar-refractivity contribution in [3.8, 4) is 11.5 Å². The van der Waals surface area contributed by atoms with Gasteiger partial charge < -0.3 is 10.1 Å². The Morgan fingerprint density at radius 3 is 2.67 bits per heavy atom. The third-order valence-corrected chi connectivity index (χ3v) is 3.34. The standard InChI is InChI=1S/C17H19F2NO/c1-4-20-12(3)14-6-5-7-15(19)17(14)21-16-10-13(18)9-8-11(16)2/h5-10,12,20H,4H2,1-3H3. The number of ether oxygens (including phenoxy) is 1. The normalized spacial score (nSPS) is 12.2. The second-order valence-corrected chi connectivity index (χ2v) is 4.95. The van der Waals surface area contributed by atoms with E-state index >= 15 is 0 Å². The van der Waals surface area contributed by atoms with E-state index in [-0.39, 0.29) is 11.8 Å². The smallest absolute Gasteiger partial charge is 0.167 e. The first-order chi connectivity index (χ1) is 10.0. The first-order valence-electron chi connectivity index (χ1n) is 6.98. The summed E-state index contributed by atoms with van der Waals surface area (Å²) in [7, 11) is 0. The van der Waals surface area contributed by atoms with Gasteiger partial charge in [-0.1, -0.05) is 25.1 Å². The molecule has 0 saturated heterocycles. The second-order valence-electron chi connectivity index (χ2n) is 4.95. The summed E-state index contributed by atoms with van der Waals surface area (Å²) in [6.45, 7) is 6.47. The molecule has 0 saturated carbocycles. The molecule has 0 amide bonds. The minimum atomic E-state index is -0.457. The lowest BCUT2D eigenvalue weighted by Crippen LogP contribution is -2.18. The van der Waals surface area contributed by atoms with Crippen LogP contribution < -0.4 is 10.1 Å². The Morgan fingerprint density at radius 2 is 1.95 bits per heavy atom. The van der Waals surface area contributed by atoms with Gasteiger partial charge in [-0.2, -0.15) is 0 Å². The first kappa shape index (κ1) is 15.4. The number of rotatable bonds is 5. The molecule has 112 valence electrons. The molecule has 0 aromatic heterocycles. The van der Waals surface area contributed by atoms with Crippen molar-refractivity contribution >= 4 is 0 Å². The van der Waals surface area contributed by atoms with E-state index in [1.165, 1.54) is 18.2 Å². The van der Waals surface area contributed by atoms with Crippen LogP contribution in [0.5, 0.6) is 11.5 Å². The number of nitrogens with one attached hydrogen (secondary N) is 1. The third kappa shape index (κ3) is 3.58. The van der Waals surface area contributed by atoms with Crippen molar-refractivity contribution in [3.05, 3.63) is 59.2 Å². The second kappa shape index (κ2) is 6.68. The maximum atomic E-state index is 14.1. The largest absolute Gasteiger partial charge is 0.454 e. The van der Waals surface area contributed by atoms with E-state index in [1.54, 1.807) is 25.1 Å². The Bertz CT molecular complexity index is 628. The zero-order valence-corrected chi connectivity index (χ0v) is 12.4. The highest BCUT2D eigenvalue weighted by Gasteiger charge is 2.16. The van der Waals surface area contributed by atoms with Gasteiger partial charge in [0.25, 0.3) is 0 Å². The third-order valence-electron chi connectivity index (χ3n) is 3.34. The van der Waals surface area contributed by atoms with E-state index in [2.05, 4.69) is 5.32 Å². The molecule has 0 heterocycles. The van der Waals surface area contributed by atoms with Gasteiger partial charge >= 0.3 is 0 Å². The molecule has 0 spiro atoms. The van der Waals surface area contributed by atoms with Gasteiger partial charge in [0.05, 0.1) is 0 Å². The molecule has 0 aliphatic heterocycles. The van der Waals surface area contributed by atoms with Gasteiger partial charge in [0.1, 0.15) is 11.6 Å². The minimum Gasteiger partial charge on any atom is -0.454 e. The maximum absolute atomic E-state index is 14.1. The van der Waals surface area contributed by atoms with Crippen LogP contribution in [0.15, 0.2) is 36.4 Å². The van der Waals surface area contributed by atoms with Crippen LogP contribution in [0.2, 0.25) is 0 Å². The molecule has 0 aliphatic carbocycles. The molecule has 21 heavy (non-hydrogen) atoms. The zero-order valence-electron chi connectivity index (χ0n) is 12.4. The van der Waals surface area contributed by atoms with Crippen LogP contribution in [0.1, 0.15) is 31.0 Å². The Balaban J connectivity index is 2.41. The van der Waals surface area contributed by atoms with Gasteiger partial charge in [-0.15, -0.1) is 0 Å². The summed E-state index contributed by atoms with van der Waals surface area (Å²) in [4.78, 5) is 0. The zero-order chi connectivity index (χ0) is 15.4. The summed E-state index contributed by atoms with van der Waals surface area (Å²) < 4.78 is 33.1. The van der Waals surface area contributed by atoms with E-state index in [0.717, 1.165) is 12.1 Å². The highest BCUT2D eigenvalue weighted by Crippen LogP contribution is 2.33. The van der Waals surface area contributed by atoms with Crippen molar-refractivity contribution in [2.45, 2.75) is 26.8 Å². The van der Waals surface area contributed by atoms with E-state index in [4.69, 9.17) is 4.74 Å². The number of benzene rings is 2. The molecule has 2 rings (SSSR count). The maximum Gasteiger partial charge on any atom is 0.167 e. The van der Waals surface area contributed by atoms with Crippen LogP contribution in [0.25, 0.3) is 0 Å². The van der Waals surface area contributed by atoms with Crippen molar-refractivity contribution < 1.29 is 13.5 Å². The molecule has 0 aliphatic rings. The fourth-order valence-corrected chi connectivity index (χ4v) is 2.18. The average molecular weight is 291 g/mol. The van der Waals surface area contributed by atoms with Crippen molar-refractivity contribution in [2.24, 2.45) is 0 Å². The number of aryl methyl sites for hydroxylation is 1. The Labute approximate surface area is 123 Å². The number of halogens is 2. The lowest BCUT2D eigenvalue weighted by molar-refractivity contribution is 0.421. The molecule has 0 bridgehead atoms. The molecule has 1 unspecified atom stereocenters. The van der Waals surface area contributed by atoms with Crippen LogP contribution in [-0.2, 0) is 0 Å². The van der Waals surface area contributed by atoms with E-state index in [0.29, 0.717) is 11.3 Å². The van der Waals surface area contributed by atoms with Crippen molar-refractivity contribution in [2.75, 3.05) is 6.54 Å². The lowest BCUT2D eigenvalue weighted by atomic mass is 10.1. The number of hydrogen-bond acceptors (Lipinski definition) is 2. The quantitative estimate of drug-likeness (QED) is 0.859. The molecule has 2 aromatic carbocycles. The van der Waals surface area contributed by atoms with Crippen LogP contribution in [0.3, 0.4) is 0 Å². The van der Waals surface area contributed by atoms with Crippen LogP contribution in [0.4, 0.5) is 8.78 Å². The summed E-state index contributed by atoms with van der Waals surface area (Å²) in [5.41, 5.74) is 1.46. The van der Waals surface area contributed by atoms with Gasteiger partial charge in [0, 0.05) is 17.7 Å². The Kier molecular flexibility index (Phi) is 4.91. The SMILES string of the molecule is CCNC(C)c1cccc(F)c1Oc1cc(F)ccc1C. The van der Waals surface area contributed by atoms with Gasteiger partial charge in [0.15, 0.2) is 11.6 Å². The Morgan fingerprint density at radius 1 is 1.19 bits per heavy atom. The minimum absolute atomic E-state index is 0.0606. The van der Waals surface area contributed by atoms with E-state index in [1.807, 2.05) is 13.8 Å². The van der Waals surface area contributed by atoms with Gasteiger partial charge in [-0.3, -0.25) is 0 Å². The molecular weight excluding hydrogens is 272 g/mol. The van der Waals surface area contributed by atoms with Crippen LogP contribution in [-0.4, -0.2) is 6.54 Å². The van der Waals surface area contributed by atoms with E-state index < -0.39 is 11.6 Å². The molecule has 2 nitrogen and oxygen atoms in total. The van der Waals surface area contributed by atoms with Gasteiger partial charge in [-0.25, -0.2) is 8.78 Å². The Hall–Kier alpha value is -1.94. The predicted molar refractivity (Wildman–Crippen MR) is 79.7 cm³/mol. The van der Waals surface area contributed by atoms with Gasteiger partial charge in [-0.05, 0) is 38.1 Å². The average Bonchev–Trinajstić information content (AvgIpc) is 2.45. The van der Waals surface area contributed by atoms with Crippen LogP contribution in [0, 0.1) is 18.6 Å². The number of para-hydroxylation sites is 1. The topological polar surface area (TPSA) is 21.3 Å². The highest BCUT2D eigenvalue weighted by atomic mass is 19.1. The van der Waals surface area contributed by atoms with Crippen LogP contribution >= 0.6 is 0 Å². The molecule has 2 aromatic rings. The molecule has 0 radical (unpaired) electrons. The molecular formula is C17H19F2NO. The van der Waals surface area contributed by atoms with Crippen molar-refractivity contribution in [1.29, 1.82) is 0 Å². The molecule has 4 heteroatoms. The lowest BCUT2D eigenvalue weighted by Gasteiger charge is -2.18. The summed E-state index contributed by atoms with van der Waals surface area (Å²) in [6, 6.07) is 8.96. The summed E-state index contributed by atoms with van der Waals surface area (Å²) in [5.74, 6) is -0.404. The number of hydrogen-bond donors (Lipinski definition) is 1. The molecule has 1 atom stereocenters. The van der Waals surface area contributed by atoms with Crippen molar-refractivity contribution in [1.82, 2.24) is 5.32 Å². The van der Waals surface area contributed by atoms with E-state index in [9.17, 15) is 8.78 Å². The van der Waals surface area contributed by atoms with Gasteiger partial charge in [0.2, 0.25) is 0 Å². The molecule has 0 fully saturated rings. The molecule has 1 N–H and O–H groups in total. The highest BCUT2D eigenvalue weighted by molar-refractivity contribution is 5.43. The summed E-state index contributed by atoms with van der Waals surface area (Å²) in [6.07, 6.45) is 0. The summed E-state index contributed by atoms with van der Waals surface area (Å²) >= 11 is 0. The monoisotopic (exact) mass is 291 g/mol. The van der Waals surface area contributed by atoms with Crippen molar-refractivity contribution in [3.63, 3.8) is 0 Å². The summed E-state index contributed by atoms with van der Waals surface area (Å²) in [5, 5.41) is 3.22.